The summed E-state index contributed by atoms with van der Waals surface area (Å²) in [7, 11) is 1.22. The zero-order valence-corrected chi connectivity index (χ0v) is 18.3. The van der Waals surface area contributed by atoms with Gasteiger partial charge in [0.25, 0.3) is 0 Å². The smallest absolute Gasteiger partial charge is 0.408 e. The number of amides is 1. The second kappa shape index (κ2) is 10.6. The number of alkyl carbamates (subject to hydrolysis) is 1. The van der Waals surface area contributed by atoms with E-state index in [1.165, 1.54) is 14.0 Å². The number of fused-ring (bicyclic) bond motifs is 1. The van der Waals surface area contributed by atoms with Crippen LogP contribution in [0.25, 0.3) is 10.9 Å². The molecular formula is C22H22ClN3O6. The van der Waals surface area contributed by atoms with Crippen molar-refractivity contribution in [2.24, 2.45) is 0 Å². The van der Waals surface area contributed by atoms with E-state index in [1.807, 2.05) is 30.3 Å². The molecule has 1 atom stereocenters. The Morgan fingerprint density at radius 3 is 2.59 bits per heavy atom. The van der Waals surface area contributed by atoms with Gasteiger partial charge in [-0.3, -0.25) is 9.89 Å². The van der Waals surface area contributed by atoms with Crippen LogP contribution >= 0.6 is 11.6 Å². The zero-order valence-electron chi connectivity index (χ0n) is 17.5. The number of aromatic amines is 1. The molecule has 9 nitrogen and oxygen atoms in total. The van der Waals surface area contributed by atoms with E-state index in [0.717, 1.165) is 5.56 Å². The van der Waals surface area contributed by atoms with E-state index < -0.39 is 24.1 Å². The van der Waals surface area contributed by atoms with E-state index >= 15 is 0 Å². The Morgan fingerprint density at radius 2 is 1.91 bits per heavy atom. The summed E-state index contributed by atoms with van der Waals surface area (Å²) in [6, 6.07) is 9.71. The van der Waals surface area contributed by atoms with Gasteiger partial charge in [-0.2, -0.15) is 5.10 Å². The minimum atomic E-state index is -1.06. The van der Waals surface area contributed by atoms with E-state index in [-0.39, 0.29) is 19.6 Å². The van der Waals surface area contributed by atoms with Crippen molar-refractivity contribution >= 4 is 40.5 Å². The van der Waals surface area contributed by atoms with Gasteiger partial charge in [-0.1, -0.05) is 41.9 Å². The average molecular weight is 460 g/mol. The second-order valence-corrected chi connectivity index (χ2v) is 7.33. The maximum Gasteiger partial charge on any atom is 0.408 e. The van der Waals surface area contributed by atoms with Crippen LogP contribution in [0.1, 0.15) is 23.6 Å². The van der Waals surface area contributed by atoms with Gasteiger partial charge in [-0.15, -0.1) is 0 Å². The Bertz CT molecular complexity index is 1120. The van der Waals surface area contributed by atoms with Gasteiger partial charge >= 0.3 is 18.0 Å². The Balaban J connectivity index is 1.81. The number of rotatable bonds is 8. The van der Waals surface area contributed by atoms with E-state index in [4.69, 9.17) is 25.8 Å². The third-order valence-corrected chi connectivity index (χ3v) is 5.02. The SMILES string of the molecule is COC(=O)C(Cc1cc(Cl)c2[nH]ncc2c1COC(C)=O)NC(=O)OCc1ccccc1. The van der Waals surface area contributed by atoms with Crippen LogP contribution in [0.2, 0.25) is 5.02 Å². The highest BCUT2D eigenvalue weighted by atomic mass is 35.5. The number of hydrogen-bond donors (Lipinski definition) is 2. The zero-order chi connectivity index (χ0) is 23.1. The summed E-state index contributed by atoms with van der Waals surface area (Å²) in [5, 5.41) is 10.3. The van der Waals surface area contributed by atoms with Gasteiger partial charge in [0.15, 0.2) is 0 Å². The molecule has 0 aliphatic carbocycles. The van der Waals surface area contributed by atoms with Gasteiger partial charge in [0.2, 0.25) is 0 Å². The van der Waals surface area contributed by atoms with E-state index in [2.05, 4.69) is 15.5 Å². The normalized spacial score (nSPS) is 11.6. The Kier molecular flexibility index (Phi) is 7.67. The van der Waals surface area contributed by atoms with Crippen LogP contribution in [0.15, 0.2) is 42.6 Å². The van der Waals surface area contributed by atoms with Crippen molar-refractivity contribution in [3.63, 3.8) is 0 Å². The number of benzene rings is 2. The Labute approximate surface area is 189 Å². The molecule has 3 rings (SSSR count). The molecule has 1 unspecified atom stereocenters. The van der Waals surface area contributed by atoms with Gasteiger partial charge in [0, 0.05) is 24.3 Å². The molecule has 32 heavy (non-hydrogen) atoms. The molecule has 0 radical (unpaired) electrons. The van der Waals surface area contributed by atoms with Crippen molar-refractivity contribution in [2.45, 2.75) is 32.6 Å². The number of ether oxygens (including phenoxy) is 3. The predicted molar refractivity (Wildman–Crippen MR) is 116 cm³/mol. The van der Waals surface area contributed by atoms with E-state index in [1.54, 1.807) is 12.3 Å². The van der Waals surface area contributed by atoms with Crippen LogP contribution in [0.3, 0.4) is 0 Å². The van der Waals surface area contributed by atoms with Crippen LogP contribution in [-0.2, 0) is 43.4 Å². The van der Waals surface area contributed by atoms with Gasteiger partial charge < -0.3 is 19.5 Å². The molecule has 0 saturated heterocycles. The molecule has 1 heterocycles. The number of aromatic nitrogens is 2. The lowest BCUT2D eigenvalue weighted by Gasteiger charge is -2.19. The molecule has 0 spiro atoms. The van der Waals surface area contributed by atoms with Crippen molar-refractivity contribution in [3.05, 3.63) is 64.3 Å². The monoisotopic (exact) mass is 459 g/mol. The molecule has 2 N–H and O–H groups in total. The van der Waals surface area contributed by atoms with Gasteiger partial charge in [0.1, 0.15) is 19.3 Å². The molecule has 0 aliphatic heterocycles. The summed E-state index contributed by atoms with van der Waals surface area (Å²) < 4.78 is 15.2. The highest BCUT2D eigenvalue weighted by Crippen LogP contribution is 2.30. The maximum absolute atomic E-state index is 12.4. The van der Waals surface area contributed by atoms with Crippen LogP contribution in [-0.4, -0.2) is 41.4 Å². The standard InChI is InChI=1S/C22H22ClN3O6/c1-13(27)31-12-17-15(8-18(23)20-16(17)10-24-26-20)9-19(21(28)30-2)25-22(29)32-11-14-6-4-3-5-7-14/h3-8,10,19H,9,11-12H2,1-2H3,(H,24,26)(H,25,29). The van der Waals surface area contributed by atoms with Crippen LogP contribution < -0.4 is 5.32 Å². The van der Waals surface area contributed by atoms with Gasteiger partial charge in [-0.25, -0.2) is 9.59 Å². The summed E-state index contributed by atoms with van der Waals surface area (Å²) in [5.74, 6) is -1.13. The fraction of sp³-hybridized carbons (Fsp3) is 0.273. The first kappa shape index (κ1) is 23.1. The number of halogens is 1. The third-order valence-electron chi connectivity index (χ3n) is 4.73. The van der Waals surface area contributed by atoms with Gasteiger partial charge in [-0.05, 0) is 17.2 Å². The molecule has 1 amide bonds. The van der Waals surface area contributed by atoms with Crippen LogP contribution in [0.5, 0.6) is 0 Å². The van der Waals surface area contributed by atoms with Crippen molar-refractivity contribution < 1.29 is 28.6 Å². The highest BCUT2D eigenvalue weighted by Gasteiger charge is 2.25. The first-order valence-electron chi connectivity index (χ1n) is 9.70. The first-order valence-corrected chi connectivity index (χ1v) is 10.1. The van der Waals surface area contributed by atoms with E-state index in [0.29, 0.717) is 27.1 Å². The minimum Gasteiger partial charge on any atom is -0.467 e. The first-order chi connectivity index (χ1) is 15.4. The van der Waals surface area contributed by atoms with Crippen molar-refractivity contribution in [2.75, 3.05) is 7.11 Å². The molecule has 0 bridgehead atoms. The van der Waals surface area contributed by atoms with Crippen molar-refractivity contribution in [3.8, 4) is 0 Å². The summed E-state index contributed by atoms with van der Waals surface area (Å²) in [6.45, 7) is 1.29. The molecule has 1 aromatic heterocycles. The van der Waals surface area contributed by atoms with Gasteiger partial charge in [0.05, 0.1) is 23.8 Å². The largest absolute Gasteiger partial charge is 0.467 e. The third kappa shape index (κ3) is 5.76. The predicted octanol–water partition coefficient (Wildman–Crippen LogP) is 3.29. The Hall–Kier alpha value is -3.59. The topological polar surface area (TPSA) is 120 Å². The fourth-order valence-corrected chi connectivity index (χ4v) is 3.45. The molecule has 3 aromatic rings. The average Bonchev–Trinajstić information content (AvgIpc) is 3.27. The molecule has 10 heteroatoms. The minimum absolute atomic E-state index is 0.0323. The van der Waals surface area contributed by atoms with Crippen molar-refractivity contribution in [1.82, 2.24) is 15.5 Å². The highest BCUT2D eigenvalue weighted by molar-refractivity contribution is 6.35. The number of methoxy groups -OCH3 is 1. The lowest BCUT2D eigenvalue weighted by atomic mass is 9.97. The Morgan fingerprint density at radius 1 is 1.16 bits per heavy atom. The quantitative estimate of drug-likeness (QED) is 0.391. The lowest BCUT2D eigenvalue weighted by molar-refractivity contribution is -0.143. The summed E-state index contributed by atoms with van der Waals surface area (Å²) in [6.07, 6.45) is 0.810. The molecule has 0 aliphatic rings. The summed E-state index contributed by atoms with van der Waals surface area (Å²) >= 11 is 6.35. The fourth-order valence-electron chi connectivity index (χ4n) is 3.17. The number of esters is 2. The second-order valence-electron chi connectivity index (χ2n) is 6.92. The van der Waals surface area contributed by atoms with Crippen LogP contribution in [0.4, 0.5) is 4.79 Å². The van der Waals surface area contributed by atoms with E-state index in [9.17, 15) is 14.4 Å². The number of nitrogens with zero attached hydrogens (tertiary/aromatic N) is 1. The molecule has 168 valence electrons. The maximum atomic E-state index is 12.4. The number of H-pyrrole nitrogens is 1. The lowest BCUT2D eigenvalue weighted by Crippen LogP contribution is -2.43. The molecular weight excluding hydrogens is 438 g/mol. The number of hydrogen-bond acceptors (Lipinski definition) is 7. The number of carbonyl (C=O) groups excluding carboxylic acids is 3. The van der Waals surface area contributed by atoms with Crippen molar-refractivity contribution in [1.29, 1.82) is 0 Å². The molecule has 2 aromatic carbocycles. The van der Waals surface area contributed by atoms with Crippen LogP contribution in [0, 0.1) is 0 Å². The number of carbonyl (C=O) groups is 3. The summed E-state index contributed by atoms with van der Waals surface area (Å²) in [4.78, 5) is 36.1. The molecule has 0 fully saturated rings. The summed E-state index contributed by atoms with van der Waals surface area (Å²) in [5.41, 5.74) is 2.58. The molecule has 0 saturated carbocycles. The number of nitrogens with one attached hydrogen (secondary N) is 2.